The maximum Gasteiger partial charge on any atom is 0.191 e. The summed E-state index contributed by atoms with van der Waals surface area (Å²) in [5.74, 6) is 1.39. The lowest BCUT2D eigenvalue weighted by Crippen LogP contribution is -2.38. The number of ether oxygens (including phenoxy) is 1. The molecule has 2 unspecified atom stereocenters. The zero-order chi connectivity index (χ0) is 17.0. The van der Waals surface area contributed by atoms with Crippen LogP contribution in [-0.4, -0.2) is 32.2 Å². The molecular formula is C20H34IN3O. The van der Waals surface area contributed by atoms with Crippen molar-refractivity contribution < 1.29 is 4.74 Å². The van der Waals surface area contributed by atoms with Gasteiger partial charge in [-0.1, -0.05) is 50.1 Å². The van der Waals surface area contributed by atoms with E-state index in [1.165, 1.54) is 31.2 Å². The minimum absolute atomic E-state index is 0. The summed E-state index contributed by atoms with van der Waals surface area (Å²) in [5.41, 5.74) is 1.28. The zero-order valence-corrected chi connectivity index (χ0v) is 18.0. The van der Waals surface area contributed by atoms with E-state index in [0.29, 0.717) is 5.92 Å². The molecule has 1 fully saturated rings. The lowest BCUT2D eigenvalue weighted by atomic mass is 9.89. The van der Waals surface area contributed by atoms with Gasteiger partial charge in [0, 0.05) is 32.2 Å². The third-order valence-corrected chi connectivity index (χ3v) is 4.47. The number of hydrogen-bond acceptors (Lipinski definition) is 2. The molecule has 1 aliphatic heterocycles. The summed E-state index contributed by atoms with van der Waals surface area (Å²) in [6.07, 6.45) is 6.18. The Morgan fingerprint density at radius 3 is 2.68 bits per heavy atom. The van der Waals surface area contributed by atoms with Crippen molar-refractivity contribution in [1.82, 2.24) is 10.6 Å². The van der Waals surface area contributed by atoms with Crippen LogP contribution in [-0.2, 0) is 4.74 Å². The molecule has 0 bridgehead atoms. The highest BCUT2D eigenvalue weighted by molar-refractivity contribution is 14.0. The highest BCUT2D eigenvalue weighted by Crippen LogP contribution is 2.33. The van der Waals surface area contributed by atoms with Gasteiger partial charge in [-0.2, -0.15) is 0 Å². The van der Waals surface area contributed by atoms with Crippen molar-refractivity contribution in [2.24, 2.45) is 10.9 Å². The van der Waals surface area contributed by atoms with E-state index in [2.05, 4.69) is 54.8 Å². The van der Waals surface area contributed by atoms with E-state index in [0.717, 1.165) is 38.6 Å². The van der Waals surface area contributed by atoms with Gasteiger partial charge in [-0.25, -0.2) is 0 Å². The molecule has 5 heteroatoms. The number of guanidine groups is 1. The second kappa shape index (κ2) is 13.4. The van der Waals surface area contributed by atoms with E-state index in [1.54, 1.807) is 0 Å². The Hall–Kier alpha value is -0.820. The number of hydrogen-bond donors (Lipinski definition) is 2. The van der Waals surface area contributed by atoms with Gasteiger partial charge in [0.1, 0.15) is 0 Å². The Balaban J connectivity index is 0.00000312. The van der Waals surface area contributed by atoms with Crippen molar-refractivity contribution in [3.05, 3.63) is 35.9 Å². The standard InChI is InChI=1S/C20H33N3O.HI/c1-3-5-9-14-22-20(21-4-2)23-16-18-13-10-15-24-19(18)17-11-7-6-8-12-17;/h6-8,11-12,18-19H,3-5,9-10,13-16H2,1-2H3,(H2,21,22,23);1H. The van der Waals surface area contributed by atoms with Gasteiger partial charge in [0.25, 0.3) is 0 Å². The van der Waals surface area contributed by atoms with Crippen molar-refractivity contribution in [3.63, 3.8) is 0 Å². The van der Waals surface area contributed by atoms with Gasteiger partial charge in [-0.05, 0) is 31.7 Å². The molecule has 142 valence electrons. The lowest BCUT2D eigenvalue weighted by molar-refractivity contribution is -0.0250. The molecule has 0 aromatic heterocycles. The van der Waals surface area contributed by atoms with E-state index < -0.39 is 0 Å². The fraction of sp³-hybridized carbons (Fsp3) is 0.650. The normalized spacial score (nSPS) is 20.6. The van der Waals surface area contributed by atoms with Gasteiger partial charge in [0.05, 0.1) is 6.10 Å². The van der Waals surface area contributed by atoms with Gasteiger partial charge < -0.3 is 15.4 Å². The fourth-order valence-corrected chi connectivity index (χ4v) is 3.17. The molecule has 1 aliphatic rings. The van der Waals surface area contributed by atoms with Crippen LogP contribution in [0.4, 0.5) is 0 Å². The van der Waals surface area contributed by atoms with Crippen LogP contribution in [0.3, 0.4) is 0 Å². The summed E-state index contributed by atoms with van der Waals surface area (Å²) in [6.45, 7) is 7.88. The average Bonchev–Trinajstić information content (AvgIpc) is 2.64. The van der Waals surface area contributed by atoms with Crippen molar-refractivity contribution in [2.75, 3.05) is 26.2 Å². The van der Waals surface area contributed by atoms with Crippen molar-refractivity contribution in [3.8, 4) is 0 Å². The zero-order valence-electron chi connectivity index (χ0n) is 15.7. The third-order valence-electron chi connectivity index (χ3n) is 4.47. The number of unbranched alkanes of at least 4 members (excludes halogenated alkanes) is 2. The minimum Gasteiger partial charge on any atom is -0.373 e. The Labute approximate surface area is 170 Å². The molecule has 0 saturated carbocycles. The van der Waals surface area contributed by atoms with Crippen molar-refractivity contribution in [1.29, 1.82) is 0 Å². The van der Waals surface area contributed by atoms with E-state index in [1.807, 2.05) is 0 Å². The van der Waals surface area contributed by atoms with Gasteiger partial charge in [0.2, 0.25) is 0 Å². The maximum absolute atomic E-state index is 6.07. The molecule has 1 aromatic carbocycles. The summed E-state index contributed by atoms with van der Waals surface area (Å²) in [7, 11) is 0. The number of nitrogens with zero attached hydrogens (tertiary/aromatic N) is 1. The average molecular weight is 459 g/mol. The quantitative estimate of drug-likeness (QED) is 0.260. The van der Waals surface area contributed by atoms with E-state index in [-0.39, 0.29) is 30.1 Å². The monoisotopic (exact) mass is 459 g/mol. The Morgan fingerprint density at radius 2 is 1.96 bits per heavy atom. The van der Waals surface area contributed by atoms with Gasteiger partial charge in [0.15, 0.2) is 5.96 Å². The summed E-state index contributed by atoms with van der Waals surface area (Å²) in [4.78, 5) is 4.82. The highest BCUT2D eigenvalue weighted by Gasteiger charge is 2.27. The summed E-state index contributed by atoms with van der Waals surface area (Å²) in [5, 5.41) is 6.80. The van der Waals surface area contributed by atoms with Gasteiger partial charge in [-0.15, -0.1) is 24.0 Å². The summed E-state index contributed by atoms with van der Waals surface area (Å²) < 4.78 is 6.07. The van der Waals surface area contributed by atoms with Crippen molar-refractivity contribution in [2.45, 2.75) is 52.1 Å². The number of rotatable bonds is 8. The van der Waals surface area contributed by atoms with E-state index in [4.69, 9.17) is 9.73 Å². The first-order valence-corrected chi connectivity index (χ1v) is 9.53. The summed E-state index contributed by atoms with van der Waals surface area (Å²) in [6, 6.07) is 10.6. The van der Waals surface area contributed by atoms with Crippen LogP contribution in [0, 0.1) is 5.92 Å². The molecule has 1 heterocycles. The molecule has 0 amide bonds. The molecule has 0 radical (unpaired) electrons. The van der Waals surface area contributed by atoms with Crippen LogP contribution in [0.15, 0.2) is 35.3 Å². The van der Waals surface area contributed by atoms with E-state index >= 15 is 0 Å². The van der Waals surface area contributed by atoms with Crippen LogP contribution in [0.5, 0.6) is 0 Å². The Morgan fingerprint density at radius 1 is 1.16 bits per heavy atom. The molecule has 2 atom stereocenters. The van der Waals surface area contributed by atoms with E-state index in [9.17, 15) is 0 Å². The number of aliphatic imine (C=N–C) groups is 1. The summed E-state index contributed by atoms with van der Waals surface area (Å²) >= 11 is 0. The molecular weight excluding hydrogens is 425 g/mol. The first-order chi connectivity index (χ1) is 11.8. The lowest BCUT2D eigenvalue weighted by Gasteiger charge is -2.31. The predicted molar refractivity (Wildman–Crippen MR) is 117 cm³/mol. The smallest absolute Gasteiger partial charge is 0.191 e. The molecule has 4 nitrogen and oxygen atoms in total. The van der Waals surface area contributed by atoms with Crippen LogP contribution < -0.4 is 10.6 Å². The fourth-order valence-electron chi connectivity index (χ4n) is 3.17. The second-order valence-electron chi connectivity index (χ2n) is 6.46. The highest BCUT2D eigenvalue weighted by atomic mass is 127. The molecule has 2 rings (SSSR count). The second-order valence-corrected chi connectivity index (χ2v) is 6.46. The third kappa shape index (κ3) is 7.94. The molecule has 25 heavy (non-hydrogen) atoms. The number of nitrogens with one attached hydrogen (secondary N) is 2. The Kier molecular flexibility index (Phi) is 11.9. The van der Waals surface area contributed by atoms with Crippen LogP contribution in [0.2, 0.25) is 0 Å². The maximum atomic E-state index is 6.07. The van der Waals surface area contributed by atoms with Crippen molar-refractivity contribution >= 4 is 29.9 Å². The molecule has 1 saturated heterocycles. The predicted octanol–water partition coefficient (Wildman–Crippen LogP) is 4.52. The topological polar surface area (TPSA) is 45.7 Å². The first kappa shape index (κ1) is 22.2. The Bertz CT molecular complexity index is 481. The van der Waals surface area contributed by atoms with Crippen LogP contribution in [0.1, 0.15) is 57.6 Å². The first-order valence-electron chi connectivity index (χ1n) is 9.53. The van der Waals surface area contributed by atoms with Gasteiger partial charge >= 0.3 is 0 Å². The number of benzene rings is 1. The molecule has 0 aliphatic carbocycles. The van der Waals surface area contributed by atoms with Crippen LogP contribution >= 0.6 is 24.0 Å². The minimum atomic E-state index is 0. The van der Waals surface area contributed by atoms with Gasteiger partial charge in [-0.3, -0.25) is 4.99 Å². The SMILES string of the molecule is CCCCCNC(=NCC1CCCOC1c1ccccc1)NCC.I. The molecule has 2 N–H and O–H groups in total. The molecule has 0 spiro atoms. The molecule has 1 aromatic rings. The largest absolute Gasteiger partial charge is 0.373 e. The van der Waals surface area contributed by atoms with Crippen LogP contribution in [0.25, 0.3) is 0 Å². The number of halogens is 1.